The van der Waals surface area contributed by atoms with E-state index in [-0.39, 0.29) is 6.61 Å². The zero-order valence-electron chi connectivity index (χ0n) is 15.5. The molecule has 1 fully saturated rings. The fourth-order valence-corrected chi connectivity index (χ4v) is 3.25. The van der Waals surface area contributed by atoms with Crippen molar-refractivity contribution < 1.29 is 9.84 Å². The number of aliphatic hydroxyl groups excluding tert-OH is 1. The van der Waals surface area contributed by atoms with E-state index in [1.165, 1.54) is 0 Å². The zero-order chi connectivity index (χ0) is 18.6. The van der Waals surface area contributed by atoms with Gasteiger partial charge < -0.3 is 20.1 Å². The van der Waals surface area contributed by atoms with Crippen LogP contribution in [-0.2, 0) is 0 Å². The third-order valence-electron chi connectivity index (χ3n) is 4.90. The molecule has 7 nitrogen and oxygen atoms in total. The lowest BCUT2D eigenvalue weighted by molar-refractivity contribution is 0.104. The summed E-state index contributed by atoms with van der Waals surface area (Å²) in [7, 11) is 0. The number of hydrogen-bond acceptors (Lipinski definition) is 6. The molecule has 0 aliphatic carbocycles. The molecule has 0 bridgehead atoms. The molecule has 3 aromatic rings. The Hall–Kier alpha value is -2.64. The molecule has 0 spiro atoms. The molecule has 1 aliphatic heterocycles. The molecule has 0 radical (unpaired) electrons. The summed E-state index contributed by atoms with van der Waals surface area (Å²) in [4.78, 5) is 6.97. The van der Waals surface area contributed by atoms with Crippen LogP contribution in [0.5, 0.6) is 5.75 Å². The fraction of sp³-hybridized carbons (Fsp3) is 0.400. The molecule has 7 heteroatoms. The predicted octanol–water partition coefficient (Wildman–Crippen LogP) is 1.96. The van der Waals surface area contributed by atoms with Gasteiger partial charge >= 0.3 is 0 Å². The number of nitrogens with one attached hydrogen (secondary N) is 1. The minimum atomic E-state index is -0.471. The van der Waals surface area contributed by atoms with Gasteiger partial charge in [-0.2, -0.15) is 5.10 Å². The number of fused-ring (bicyclic) bond motifs is 1. The van der Waals surface area contributed by atoms with Gasteiger partial charge in [0.2, 0.25) is 0 Å². The minimum Gasteiger partial charge on any atom is -0.489 e. The number of anilines is 1. The average molecular weight is 367 g/mol. The highest BCUT2D eigenvalue weighted by atomic mass is 16.5. The zero-order valence-corrected chi connectivity index (χ0v) is 15.5. The molecule has 4 heterocycles. The van der Waals surface area contributed by atoms with Gasteiger partial charge in [-0.15, -0.1) is 0 Å². The largest absolute Gasteiger partial charge is 0.489 e. The van der Waals surface area contributed by atoms with E-state index in [2.05, 4.69) is 32.4 Å². The molecule has 142 valence electrons. The SMILES string of the molecule is CC[C@@H](O)COc1cc(-c2ccc(N3CCNCC3)nc2)c2ccnn2c1. The number of rotatable bonds is 6. The van der Waals surface area contributed by atoms with E-state index in [4.69, 9.17) is 4.74 Å². The number of nitrogens with zero attached hydrogens (tertiary/aromatic N) is 4. The van der Waals surface area contributed by atoms with Gasteiger partial charge in [0.15, 0.2) is 0 Å². The molecule has 1 atom stereocenters. The van der Waals surface area contributed by atoms with Crippen LogP contribution in [0.4, 0.5) is 5.82 Å². The molecule has 27 heavy (non-hydrogen) atoms. The first-order valence-corrected chi connectivity index (χ1v) is 9.45. The van der Waals surface area contributed by atoms with Gasteiger partial charge in [0.1, 0.15) is 18.2 Å². The van der Waals surface area contributed by atoms with Crippen LogP contribution in [0.15, 0.2) is 42.9 Å². The molecule has 1 aliphatic rings. The summed E-state index contributed by atoms with van der Waals surface area (Å²) in [6.45, 7) is 6.13. The van der Waals surface area contributed by atoms with Crippen molar-refractivity contribution in [2.24, 2.45) is 0 Å². The Morgan fingerprint density at radius 1 is 1.26 bits per heavy atom. The Morgan fingerprint density at radius 2 is 2.11 bits per heavy atom. The summed E-state index contributed by atoms with van der Waals surface area (Å²) < 4.78 is 7.57. The van der Waals surface area contributed by atoms with Crippen molar-refractivity contribution in [3.63, 3.8) is 0 Å². The van der Waals surface area contributed by atoms with Crippen molar-refractivity contribution >= 4 is 11.3 Å². The lowest BCUT2D eigenvalue weighted by Gasteiger charge is -2.28. The summed E-state index contributed by atoms with van der Waals surface area (Å²) in [5.41, 5.74) is 3.02. The van der Waals surface area contributed by atoms with Gasteiger partial charge in [-0.1, -0.05) is 6.92 Å². The Balaban J connectivity index is 1.62. The second-order valence-corrected chi connectivity index (χ2v) is 6.77. The van der Waals surface area contributed by atoms with Crippen molar-refractivity contribution in [3.8, 4) is 16.9 Å². The maximum absolute atomic E-state index is 9.77. The van der Waals surface area contributed by atoms with Crippen molar-refractivity contribution in [2.75, 3.05) is 37.7 Å². The highest BCUT2D eigenvalue weighted by molar-refractivity contribution is 5.81. The molecule has 0 aromatic carbocycles. The maximum atomic E-state index is 9.77. The van der Waals surface area contributed by atoms with Gasteiger partial charge in [-0.05, 0) is 30.7 Å². The Labute approximate surface area is 158 Å². The van der Waals surface area contributed by atoms with Gasteiger partial charge in [0, 0.05) is 43.5 Å². The summed E-state index contributed by atoms with van der Waals surface area (Å²) in [6, 6.07) is 8.13. The van der Waals surface area contributed by atoms with Crippen LogP contribution >= 0.6 is 0 Å². The summed E-state index contributed by atoms with van der Waals surface area (Å²) in [5.74, 6) is 1.68. The highest BCUT2D eigenvalue weighted by Gasteiger charge is 2.13. The lowest BCUT2D eigenvalue weighted by Crippen LogP contribution is -2.43. The summed E-state index contributed by atoms with van der Waals surface area (Å²) in [6.07, 6.45) is 5.70. The molecule has 3 aromatic heterocycles. The van der Waals surface area contributed by atoms with E-state index < -0.39 is 6.10 Å². The van der Waals surface area contributed by atoms with Crippen LogP contribution in [-0.4, -0.2) is 58.6 Å². The molecule has 0 amide bonds. The number of piperazine rings is 1. The van der Waals surface area contributed by atoms with Gasteiger partial charge in [0.25, 0.3) is 0 Å². The van der Waals surface area contributed by atoms with Crippen molar-refractivity contribution in [3.05, 3.63) is 42.9 Å². The maximum Gasteiger partial charge on any atom is 0.138 e. The monoisotopic (exact) mass is 367 g/mol. The molecule has 4 rings (SSSR count). The van der Waals surface area contributed by atoms with Crippen LogP contribution < -0.4 is 15.0 Å². The topological polar surface area (TPSA) is 74.9 Å². The smallest absolute Gasteiger partial charge is 0.138 e. The average Bonchev–Trinajstić information content (AvgIpc) is 3.21. The number of pyridine rings is 2. The lowest BCUT2D eigenvalue weighted by atomic mass is 10.1. The molecule has 1 saturated heterocycles. The van der Waals surface area contributed by atoms with Gasteiger partial charge in [-0.3, -0.25) is 0 Å². The van der Waals surface area contributed by atoms with Crippen molar-refractivity contribution in [2.45, 2.75) is 19.4 Å². The number of ether oxygens (including phenoxy) is 1. The normalized spacial score (nSPS) is 15.9. The molecule has 2 N–H and O–H groups in total. The van der Waals surface area contributed by atoms with Crippen LogP contribution in [0.25, 0.3) is 16.6 Å². The first-order chi connectivity index (χ1) is 13.2. The van der Waals surface area contributed by atoms with Crippen molar-refractivity contribution in [1.82, 2.24) is 19.9 Å². The quantitative estimate of drug-likeness (QED) is 0.694. The molecular weight excluding hydrogens is 342 g/mol. The van der Waals surface area contributed by atoms with E-state index in [1.54, 1.807) is 10.7 Å². The predicted molar refractivity (Wildman–Crippen MR) is 105 cm³/mol. The van der Waals surface area contributed by atoms with E-state index in [9.17, 15) is 5.11 Å². The molecule has 0 saturated carbocycles. The number of hydrogen-bond donors (Lipinski definition) is 2. The minimum absolute atomic E-state index is 0.267. The highest BCUT2D eigenvalue weighted by Crippen LogP contribution is 2.29. The van der Waals surface area contributed by atoms with Crippen molar-refractivity contribution in [1.29, 1.82) is 0 Å². The molecular formula is C20H25N5O2. The van der Waals surface area contributed by atoms with Crippen LogP contribution in [0.3, 0.4) is 0 Å². The number of aromatic nitrogens is 3. The van der Waals surface area contributed by atoms with Crippen LogP contribution in [0, 0.1) is 0 Å². The third-order valence-corrected chi connectivity index (χ3v) is 4.90. The van der Waals surface area contributed by atoms with Gasteiger partial charge in [0.05, 0.1) is 24.0 Å². The van der Waals surface area contributed by atoms with E-state index in [0.717, 1.165) is 48.6 Å². The van der Waals surface area contributed by atoms with Crippen LogP contribution in [0.2, 0.25) is 0 Å². The number of aliphatic hydroxyl groups is 1. The first kappa shape index (κ1) is 17.8. The van der Waals surface area contributed by atoms with E-state index >= 15 is 0 Å². The summed E-state index contributed by atoms with van der Waals surface area (Å²) in [5, 5.41) is 17.5. The van der Waals surface area contributed by atoms with Crippen LogP contribution in [0.1, 0.15) is 13.3 Å². The Bertz CT molecular complexity index is 887. The first-order valence-electron chi connectivity index (χ1n) is 9.45. The summed E-state index contributed by atoms with van der Waals surface area (Å²) >= 11 is 0. The third kappa shape index (κ3) is 3.89. The second kappa shape index (κ2) is 7.94. The Kier molecular flexibility index (Phi) is 5.22. The Morgan fingerprint density at radius 3 is 2.85 bits per heavy atom. The molecule has 0 unspecified atom stereocenters. The fourth-order valence-electron chi connectivity index (χ4n) is 3.25. The van der Waals surface area contributed by atoms with E-state index in [1.807, 2.05) is 31.5 Å². The standard InChI is InChI=1S/C20H25N5O2/c1-2-16(26)14-27-17-11-18(19-5-6-23-25(19)13-17)15-3-4-20(22-12-15)24-9-7-21-8-10-24/h3-6,11-13,16,21,26H,2,7-10,14H2,1H3/t16-/m1/s1. The second-order valence-electron chi connectivity index (χ2n) is 6.77. The van der Waals surface area contributed by atoms with E-state index in [0.29, 0.717) is 12.2 Å². The van der Waals surface area contributed by atoms with Gasteiger partial charge in [-0.25, -0.2) is 9.50 Å².